The van der Waals surface area contributed by atoms with Gasteiger partial charge in [0.1, 0.15) is 11.4 Å². The number of carbonyl (C=O) groups is 2. The van der Waals surface area contributed by atoms with Gasteiger partial charge in [-0.25, -0.2) is 0 Å². The van der Waals surface area contributed by atoms with Crippen LogP contribution in [0.3, 0.4) is 0 Å². The Kier molecular flexibility index (Phi) is 7.17. The van der Waals surface area contributed by atoms with Crippen molar-refractivity contribution < 1.29 is 14.3 Å². The van der Waals surface area contributed by atoms with E-state index in [-0.39, 0.29) is 17.5 Å². The molecule has 0 aliphatic rings. The number of hydrogen-bond donors (Lipinski definition) is 2. The Bertz CT molecular complexity index is 824. The lowest BCUT2D eigenvalue weighted by atomic mass is 10.1. The van der Waals surface area contributed by atoms with Crippen LogP contribution in [0.1, 0.15) is 31.9 Å². The van der Waals surface area contributed by atoms with E-state index in [4.69, 9.17) is 4.74 Å². The van der Waals surface area contributed by atoms with E-state index < -0.39 is 0 Å². The van der Waals surface area contributed by atoms with Crippen molar-refractivity contribution in [3.8, 4) is 5.75 Å². The van der Waals surface area contributed by atoms with Crippen LogP contribution in [-0.4, -0.2) is 18.4 Å². The number of nitrogens with one attached hydrogen (secondary N) is 2. The highest BCUT2D eigenvalue weighted by Crippen LogP contribution is 2.18. The van der Waals surface area contributed by atoms with Crippen molar-refractivity contribution in [2.45, 2.75) is 27.7 Å². The summed E-state index contributed by atoms with van der Waals surface area (Å²) in [6, 6.07) is 14.8. The van der Waals surface area contributed by atoms with Crippen LogP contribution in [0.5, 0.6) is 5.75 Å². The summed E-state index contributed by atoms with van der Waals surface area (Å²) in [6.07, 6.45) is 1.67. The lowest BCUT2D eigenvalue weighted by Gasteiger charge is -2.12. The molecule has 2 amide bonds. The van der Waals surface area contributed by atoms with Crippen LogP contribution >= 0.6 is 0 Å². The summed E-state index contributed by atoms with van der Waals surface area (Å²) in [5, 5.41) is 5.41. The molecule has 5 heteroatoms. The number of benzene rings is 2. The third kappa shape index (κ3) is 6.62. The number of carbonyl (C=O) groups excluding carboxylic acids is 2. The summed E-state index contributed by atoms with van der Waals surface area (Å²) < 4.78 is 5.64. The molecule has 0 aliphatic carbocycles. The summed E-state index contributed by atoms with van der Waals surface area (Å²) in [5.41, 5.74) is 2.70. The van der Waals surface area contributed by atoms with E-state index >= 15 is 0 Å². The van der Waals surface area contributed by atoms with Crippen LogP contribution in [0, 0.1) is 12.8 Å². The number of ether oxygens (including phenoxy) is 1. The van der Waals surface area contributed by atoms with E-state index in [2.05, 4.69) is 24.5 Å². The minimum absolute atomic E-state index is 0.192. The molecule has 27 heavy (non-hydrogen) atoms. The Morgan fingerprint density at radius 2 is 1.74 bits per heavy atom. The topological polar surface area (TPSA) is 67.4 Å². The van der Waals surface area contributed by atoms with E-state index in [1.54, 1.807) is 30.3 Å². The van der Waals surface area contributed by atoms with Gasteiger partial charge in [0.2, 0.25) is 5.91 Å². The number of aryl methyl sites for hydroxylation is 1. The van der Waals surface area contributed by atoms with Crippen LogP contribution in [0.4, 0.5) is 5.69 Å². The van der Waals surface area contributed by atoms with Gasteiger partial charge in [-0.15, -0.1) is 0 Å². The van der Waals surface area contributed by atoms with Crippen molar-refractivity contribution in [2.75, 3.05) is 11.9 Å². The Morgan fingerprint density at radius 1 is 1.07 bits per heavy atom. The molecule has 2 rings (SSSR count). The fourth-order valence-corrected chi connectivity index (χ4v) is 2.35. The third-order valence-electron chi connectivity index (χ3n) is 3.74. The molecular formula is C22H26N2O3. The van der Waals surface area contributed by atoms with E-state index in [0.29, 0.717) is 18.2 Å². The lowest BCUT2D eigenvalue weighted by molar-refractivity contribution is -0.120. The highest BCUT2D eigenvalue weighted by molar-refractivity contribution is 6.08. The maximum atomic E-state index is 12.6. The normalized spacial score (nSPS) is 11.2. The van der Waals surface area contributed by atoms with Crippen LogP contribution in [0.15, 0.2) is 54.2 Å². The first-order chi connectivity index (χ1) is 12.8. The van der Waals surface area contributed by atoms with E-state index in [9.17, 15) is 9.59 Å². The number of anilines is 1. The van der Waals surface area contributed by atoms with Gasteiger partial charge in [-0.1, -0.05) is 38.1 Å². The number of hydrogen-bond acceptors (Lipinski definition) is 3. The minimum Gasteiger partial charge on any atom is -0.493 e. The highest BCUT2D eigenvalue weighted by Gasteiger charge is 2.12. The van der Waals surface area contributed by atoms with Crippen molar-refractivity contribution in [2.24, 2.45) is 5.92 Å². The van der Waals surface area contributed by atoms with Gasteiger partial charge in [0.25, 0.3) is 5.91 Å². The van der Waals surface area contributed by atoms with Crippen molar-refractivity contribution in [1.82, 2.24) is 5.32 Å². The second-order valence-electron chi connectivity index (χ2n) is 6.78. The Labute approximate surface area is 160 Å². The summed E-state index contributed by atoms with van der Waals surface area (Å²) in [7, 11) is 0. The summed E-state index contributed by atoms with van der Waals surface area (Å²) in [5.74, 6) is 0.502. The molecule has 0 atom stereocenters. The van der Waals surface area contributed by atoms with Gasteiger partial charge in [0, 0.05) is 12.6 Å². The smallest absolute Gasteiger partial charge is 0.272 e. The Balaban J connectivity index is 2.14. The van der Waals surface area contributed by atoms with Crippen molar-refractivity contribution >= 4 is 23.6 Å². The van der Waals surface area contributed by atoms with Crippen LogP contribution in [-0.2, 0) is 9.59 Å². The lowest BCUT2D eigenvalue weighted by Crippen LogP contribution is -2.29. The predicted octanol–water partition coefficient (Wildman–Crippen LogP) is 4.15. The molecule has 0 saturated heterocycles. The maximum Gasteiger partial charge on any atom is 0.272 e. The van der Waals surface area contributed by atoms with Gasteiger partial charge in [-0.05, 0) is 54.3 Å². The standard InChI is InChI=1S/C22H26N2O3/c1-15(2)14-27-20-11-9-19(10-12-20)24-22(26)21(23-17(4)25)13-18-8-6-5-7-16(18)3/h5-13,15H,14H2,1-4H3,(H,23,25)(H,24,26)/b21-13-. The van der Waals surface area contributed by atoms with Gasteiger partial charge in [-0.2, -0.15) is 0 Å². The van der Waals surface area contributed by atoms with Crippen LogP contribution in [0.25, 0.3) is 6.08 Å². The fraction of sp³-hybridized carbons (Fsp3) is 0.273. The first-order valence-electron chi connectivity index (χ1n) is 8.94. The van der Waals surface area contributed by atoms with Crippen molar-refractivity contribution in [3.05, 3.63) is 65.4 Å². The van der Waals surface area contributed by atoms with Crippen LogP contribution in [0.2, 0.25) is 0 Å². The molecule has 0 aromatic heterocycles. The molecular weight excluding hydrogens is 340 g/mol. The van der Waals surface area contributed by atoms with Gasteiger partial charge in [0.05, 0.1) is 6.61 Å². The molecule has 142 valence electrons. The SMILES string of the molecule is CC(=O)N/C(=C\c1ccccc1C)C(=O)Nc1ccc(OCC(C)C)cc1. The monoisotopic (exact) mass is 366 g/mol. The van der Waals surface area contributed by atoms with Gasteiger partial charge in [0.15, 0.2) is 0 Å². The van der Waals surface area contributed by atoms with Gasteiger partial charge in [-0.3, -0.25) is 9.59 Å². The zero-order valence-corrected chi connectivity index (χ0v) is 16.2. The van der Waals surface area contributed by atoms with E-state index in [0.717, 1.165) is 16.9 Å². The summed E-state index contributed by atoms with van der Waals surface area (Å²) >= 11 is 0. The second kappa shape index (κ2) is 9.57. The highest BCUT2D eigenvalue weighted by atomic mass is 16.5. The predicted molar refractivity (Wildman–Crippen MR) is 108 cm³/mol. The molecule has 0 saturated carbocycles. The zero-order chi connectivity index (χ0) is 19.8. The van der Waals surface area contributed by atoms with E-state index in [1.807, 2.05) is 31.2 Å². The van der Waals surface area contributed by atoms with Crippen LogP contribution < -0.4 is 15.4 Å². The molecule has 0 unspecified atom stereocenters. The van der Waals surface area contributed by atoms with Crippen molar-refractivity contribution in [3.63, 3.8) is 0 Å². The first-order valence-corrected chi connectivity index (χ1v) is 8.94. The molecule has 0 spiro atoms. The molecule has 0 heterocycles. The molecule has 0 fully saturated rings. The Morgan fingerprint density at radius 3 is 2.33 bits per heavy atom. The average Bonchev–Trinajstić information content (AvgIpc) is 2.62. The van der Waals surface area contributed by atoms with Gasteiger partial charge >= 0.3 is 0 Å². The van der Waals surface area contributed by atoms with E-state index in [1.165, 1.54) is 6.92 Å². The molecule has 0 radical (unpaired) electrons. The molecule has 2 aromatic rings. The Hall–Kier alpha value is -3.08. The van der Waals surface area contributed by atoms with Gasteiger partial charge < -0.3 is 15.4 Å². The molecule has 5 nitrogen and oxygen atoms in total. The fourth-order valence-electron chi connectivity index (χ4n) is 2.35. The maximum absolute atomic E-state index is 12.6. The largest absolute Gasteiger partial charge is 0.493 e. The average molecular weight is 366 g/mol. The number of rotatable bonds is 7. The summed E-state index contributed by atoms with van der Waals surface area (Å²) in [6.45, 7) is 8.13. The molecule has 0 bridgehead atoms. The quantitative estimate of drug-likeness (QED) is 0.724. The summed E-state index contributed by atoms with van der Waals surface area (Å²) in [4.78, 5) is 24.1. The molecule has 0 aliphatic heterocycles. The molecule has 2 N–H and O–H groups in total. The zero-order valence-electron chi connectivity index (χ0n) is 16.2. The molecule has 2 aromatic carbocycles. The van der Waals surface area contributed by atoms with Crippen molar-refractivity contribution in [1.29, 1.82) is 0 Å². The number of amides is 2. The second-order valence-corrected chi connectivity index (χ2v) is 6.78. The first kappa shape index (κ1) is 20.2. The third-order valence-corrected chi connectivity index (χ3v) is 3.74. The minimum atomic E-state index is -0.385.